The molecule has 5 heteroatoms. The van der Waals surface area contributed by atoms with Crippen molar-refractivity contribution in [3.8, 4) is 5.75 Å². The summed E-state index contributed by atoms with van der Waals surface area (Å²) in [6.45, 7) is 11.8. The van der Waals surface area contributed by atoms with Gasteiger partial charge in [0.15, 0.2) is 0 Å². The lowest BCUT2D eigenvalue weighted by Gasteiger charge is -2.37. The van der Waals surface area contributed by atoms with Crippen LogP contribution in [0, 0.1) is 13.8 Å². The molecular weight excluding hydrogens is 398 g/mol. The Hall–Kier alpha value is -2.53. The van der Waals surface area contributed by atoms with Gasteiger partial charge in [-0.05, 0) is 82.1 Å². The number of nitrogens with zero attached hydrogens (tertiary/aromatic N) is 3. The van der Waals surface area contributed by atoms with Crippen LogP contribution >= 0.6 is 0 Å². The van der Waals surface area contributed by atoms with E-state index in [0.717, 1.165) is 57.1 Å². The Morgan fingerprint density at radius 1 is 0.875 bits per heavy atom. The minimum Gasteiger partial charge on any atom is -0.494 e. The fraction of sp³-hybridized carbons (Fsp3) is 0.519. The first-order chi connectivity index (χ1) is 15.6. The second-order valence-corrected chi connectivity index (χ2v) is 9.20. The molecule has 0 saturated carbocycles. The van der Waals surface area contributed by atoms with Gasteiger partial charge < -0.3 is 19.4 Å². The van der Waals surface area contributed by atoms with E-state index in [-0.39, 0.29) is 5.91 Å². The van der Waals surface area contributed by atoms with Gasteiger partial charge in [-0.2, -0.15) is 0 Å². The van der Waals surface area contributed by atoms with E-state index >= 15 is 0 Å². The Morgan fingerprint density at radius 2 is 1.59 bits per heavy atom. The Labute approximate surface area is 193 Å². The summed E-state index contributed by atoms with van der Waals surface area (Å²) >= 11 is 0. The van der Waals surface area contributed by atoms with Crippen LogP contribution in [-0.4, -0.2) is 68.1 Å². The van der Waals surface area contributed by atoms with Crippen LogP contribution < -0.4 is 9.64 Å². The monoisotopic (exact) mass is 435 g/mol. The minimum atomic E-state index is 0.113. The normalized spacial score (nSPS) is 17.4. The highest BCUT2D eigenvalue weighted by Crippen LogP contribution is 2.23. The summed E-state index contributed by atoms with van der Waals surface area (Å²) in [5, 5.41) is 0. The number of benzene rings is 2. The van der Waals surface area contributed by atoms with Crippen molar-refractivity contribution in [3.63, 3.8) is 0 Å². The number of piperidine rings is 1. The number of amides is 1. The molecule has 2 aromatic carbocycles. The number of hydrogen-bond acceptors (Lipinski definition) is 4. The molecule has 5 nitrogen and oxygen atoms in total. The molecule has 0 unspecified atom stereocenters. The standard InChI is InChI=1S/C27H37N3O2/c1-22-7-12-26(23(2)21-22)29-16-18-30(19-17-29)27(31)24-8-10-25(11-9-24)32-20-6-15-28-13-4-3-5-14-28/h7-12,21H,3-6,13-20H2,1-2H3. The summed E-state index contributed by atoms with van der Waals surface area (Å²) < 4.78 is 5.90. The fourth-order valence-corrected chi connectivity index (χ4v) is 4.85. The van der Waals surface area contributed by atoms with Gasteiger partial charge in [0.1, 0.15) is 5.75 Å². The molecule has 2 heterocycles. The summed E-state index contributed by atoms with van der Waals surface area (Å²) in [6.07, 6.45) is 5.08. The topological polar surface area (TPSA) is 36.0 Å². The number of piperazine rings is 1. The summed E-state index contributed by atoms with van der Waals surface area (Å²) in [6, 6.07) is 14.3. The summed E-state index contributed by atoms with van der Waals surface area (Å²) in [5.41, 5.74) is 4.61. The molecule has 0 aromatic heterocycles. The van der Waals surface area contributed by atoms with E-state index in [1.54, 1.807) is 0 Å². The van der Waals surface area contributed by atoms with Crippen LogP contribution in [0.15, 0.2) is 42.5 Å². The average molecular weight is 436 g/mol. The Kier molecular flexibility index (Phi) is 7.69. The molecule has 2 aliphatic rings. The zero-order chi connectivity index (χ0) is 22.3. The molecule has 32 heavy (non-hydrogen) atoms. The van der Waals surface area contributed by atoms with Gasteiger partial charge in [-0.1, -0.05) is 24.1 Å². The quantitative estimate of drug-likeness (QED) is 0.599. The molecule has 2 saturated heterocycles. The number of hydrogen-bond donors (Lipinski definition) is 0. The molecule has 0 atom stereocenters. The van der Waals surface area contributed by atoms with Gasteiger partial charge in [-0.3, -0.25) is 4.79 Å². The summed E-state index contributed by atoms with van der Waals surface area (Å²) in [4.78, 5) is 19.9. The van der Waals surface area contributed by atoms with Gasteiger partial charge in [0.25, 0.3) is 5.91 Å². The van der Waals surface area contributed by atoms with E-state index in [2.05, 4.69) is 41.8 Å². The molecule has 0 radical (unpaired) electrons. The van der Waals surface area contributed by atoms with Crippen molar-refractivity contribution < 1.29 is 9.53 Å². The average Bonchev–Trinajstić information content (AvgIpc) is 2.83. The lowest BCUT2D eigenvalue weighted by molar-refractivity contribution is 0.0746. The second-order valence-electron chi connectivity index (χ2n) is 9.20. The number of anilines is 1. The maximum Gasteiger partial charge on any atom is 0.253 e. The molecule has 2 fully saturated rings. The smallest absolute Gasteiger partial charge is 0.253 e. The van der Waals surface area contributed by atoms with Crippen molar-refractivity contribution in [3.05, 3.63) is 59.2 Å². The Morgan fingerprint density at radius 3 is 2.28 bits per heavy atom. The van der Waals surface area contributed by atoms with Crippen LogP contribution in [0.2, 0.25) is 0 Å². The molecule has 2 aromatic rings. The summed E-state index contributed by atoms with van der Waals surface area (Å²) in [7, 11) is 0. The van der Waals surface area contributed by atoms with Crippen molar-refractivity contribution in [1.29, 1.82) is 0 Å². The molecule has 4 rings (SSSR count). The van der Waals surface area contributed by atoms with E-state index in [1.165, 1.54) is 49.2 Å². The molecule has 0 aliphatic carbocycles. The number of aryl methyl sites for hydroxylation is 2. The van der Waals surface area contributed by atoms with Crippen molar-refractivity contribution in [2.45, 2.75) is 39.5 Å². The van der Waals surface area contributed by atoms with Crippen LogP contribution in [0.5, 0.6) is 5.75 Å². The van der Waals surface area contributed by atoms with Crippen molar-refractivity contribution in [1.82, 2.24) is 9.80 Å². The van der Waals surface area contributed by atoms with Crippen molar-refractivity contribution in [2.24, 2.45) is 0 Å². The van der Waals surface area contributed by atoms with E-state index < -0.39 is 0 Å². The predicted molar refractivity (Wildman–Crippen MR) is 131 cm³/mol. The number of carbonyl (C=O) groups excluding carboxylic acids is 1. The number of rotatable bonds is 7. The molecular formula is C27H37N3O2. The van der Waals surface area contributed by atoms with Gasteiger partial charge in [0.2, 0.25) is 0 Å². The third-order valence-electron chi connectivity index (χ3n) is 6.70. The molecule has 1 amide bonds. The van der Waals surface area contributed by atoms with Gasteiger partial charge in [0.05, 0.1) is 6.61 Å². The van der Waals surface area contributed by atoms with Crippen LogP contribution in [0.1, 0.15) is 47.2 Å². The van der Waals surface area contributed by atoms with Gasteiger partial charge in [0, 0.05) is 44.0 Å². The Balaban J connectivity index is 1.22. The first-order valence-electron chi connectivity index (χ1n) is 12.2. The highest BCUT2D eigenvalue weighted by molar-refractivity contribution is 5.94. The first-order valence-corrected chi connectivity index (χ1v) is 12.2. The van der Waals surface area contributed by atoms with Gasteiger partial charge in [-0.25, -0.2) is 0 Å². The maximum atomic E-state index is 13.0. The third-order valence-corrected chi connectivity index (χ3v) is 6.70. The molecule has 172 valence electrons. The highest BCUT2D eigenvalue weighted by Gasteiger charge is 2.23. The van der Waals surface area contributed by atoms with E-state index in [9.17, 15) is 4.79 Å². The molecule has 0 N–H and O–H groups in total. The number of ether oxygens (including phenoxy) is 1. The predicted octanol–water partition coefficient (Wildman–Crippen LogP) is 4.52. The maximum absolute atomic E-state index is 13.0. The van der Waals surface area contributed by atoms with E-state index in [4.69, 9.17) is 4.74 Å². The second kappa shape index (κ2) is 10.9. The number of likely N-dealkylation sites (tertiary alicyclic amines) is 1. The SMILES string of the molecule is Cc1ccc(N2CCN(C(=O)c3ccc(OCCCN4CCCCC4)cc3)CC2)c(C)c1. The molecule has 0 bridgehead atoms. The fourth-order valence-electron chi connectivity index (χ4n) is 4.85. The zero-order valence-corrected chi connectivity index (χ0v) is 19.7. The van der Waals surface area contributed by atoms with Crippen LogP contribution in [0.4, 0.5) is 5.69 Å². The minimum absolute atomic E-state index is 0.113. The molecule has 0 spiro atoms. The van der Waals surface area contributed by atoms with E-state index in [1.807, 2.05) is 29.2 Å². The highest BCUT2D eigenvalue weighted by atomic mass is 16.5. The van der Waals surface area contributed by atoms with Crippen LogP contribution in [-0.2, 0) is 0 Å². The largest absolute Gasteiger partial charge is 0.494 e. The lowest BCUT2D eigenvalue weighted by atomic mass is 10.1. The lowest BCUT2D eigenvalue weighted by Crippen LogP contribution is -2.49. The van der Waals surface area contributed by atoms with Crippen LogP contribution in [0.25, 0.3) is 0 Å². The zero-order valence-electron chi connectivity index (χ0n) is 19.7. The first kappa shape index (κ1) is 22.7. The number of carbonyl (C=O) groups is 1. The van der Waals surface area contributed by atoms with E-state index in [0.29, 0.717) is 0 Å². The molecule has 2 aliphatic heterocycles. The van der Waals surface area contributed by atoms with Crippen LogP contribution in [0.3, 0.4) is 0 Å². The summed E-state index contributed by atoms with van der Waals surface area (Å²) in [5.74, 6) is 0.960. The van der Waals surface area contributed by atoms with Crippen molar-refractivity contribution >= 4 is 11.6 Å². The van der Waals surface area contributed by atoms with Gasteiger partial charge >= 0.3 is 0 Å². The van der Waals surface area contributed by atoms with Gasteiger partial charge in [-0.15, -0.1) is 0 Å². The third kappa shape index (κ3) is 5.83. The van der Waals surface area contributed by atoms with Crippen molar-refractivity contribution in [2.75, 3.05) is 57.3 Å². The Bertz CT molecular complexity index is 882.